The van der Waals surface area contributed by atoms with Crippen LogP contribution in [0, 0.1) is 6.92 Å². The minimum atomic E-state index is -4.39. The van der Waals surface area contributed by atoms with Crippen molar-refractivity contribution in [2.24, 2.45) is 0 Å². The van der Waals surface area contributed by atoms with Crippen molar-refractivity contribution in [2.45, 2.75) is 79.3 Å². The molecule has 7 nitrogen and oxygen atoms in total. The number of rotatable bonds is 10. The standard InChI is InChI=1S/C35H42O7S2/c1-25-18-21-27(22-19-25)44(36,37)42-43(31-16-12-10-14-28(31)38-8,32-17-13-11-15-29(32)39-9)33-23-20-26(40-34(2,3)4)24-30(33)41-35(5,6)7/h10-24H,1-9H3. The molecule has 0 bridgehead atoms. The SMILES string of the molecule is COc1ccccc1S(OS(=O)(=O)c1ccc(C)cc1)(c1ccccc1OC)c1ccc(OC(C)(C)C)cc1OC(C)(C)C. The molecule has 0 aliphatic carbocycles. The van der Waals surface area contributed by atoms with Gasteiger partial charge in [0, 0.05) is 6.07 Å². The van der Waals surface area contributed by atoms with E-state index in [1.807, 2.05) is 97.0 Å². The molecule has 0 atom stereocenters. The van der Waals surface area contributed by atoms with Crippen molar-refractivity contribution in [3.63, 3.8) is 0 Å². The minimum absolute atomic E-state index is 0.0238. The fourth-order valence-electron chi connectivity index (χ4n) is 4.61. The average molecular weight is 639 g/mol. The zero-order chi connectivity index (χ0) is 32.3. The van der Waals surface area contributed by atoms with Gasteiger partial charge in [-0.15, -0.1) is 0 Å². The van der Waals surface area contributed by atoms with Gasteiger partial charge in [-0.2, -0.15) is 8.42 Å². The van der Waals surface area contributed by atoms with Gasteiger partial charge in [-0.05, 0) is 107 Å². The summed E-state index contributed by atoms with van der Waals surface area (Å²) in [5.74, 6) is 1.87. The van der Waals surface area contributed by atoms with Crippen LogP contribution in [0.15, 0.2) is 111 Å². The molecule has 0 saturated carbocycles. The first kappa shape index (κ1) is 33.2. The summed E-state index contributed by atoms with van der Waals surface area (Å²) < 4.78 is 60.0. The van der Waals surface area contributed by atoms with Crippen molar-refractivity contribution in [2.75, 3.05) is 14.2 Å². The molecule has 0 aromatic heterocycles. The summed E-state index contributed by atoms with van der Waals surface area (Å²) >= 11 is 0. The van der Waals surface area contributed by atoms with Gasteiger partial charge in [0.05, 0.1) is 33.8 Å². The number of benzene rings is 4. The Bertz CT molecular complexity index is 1650. The first-order chi connectivity index (χ1) is 20.6. The number of aryl methyl sites for hydroxylation is 1. The van der Waals surface area contributed by atoms with E-state index in [1.165, 1.54) is 0 Å². The van der Waals surface area contributed by atoms with Crippen molar-refractivity contribution in [1.82, 2.24) is 0 Å². The molecular formula is C35H42O7S2. The van der Waals surface area contributed by atoms with Crippen molar-refractivity contribution >= 4 is 20.4 Å². The Morgan fingerprint density at radius 2 is 1.05 bits per heavy atom. The molecule has 236 valence electrons. The smallest absolute Gasteiger partial charge is 0.307 e. The number of hydrogen-bond acceptors (Lipinski definition) is 7. The summed E-state index contributed by atoms with van der Waals surface area (Å²) in [7, 11) is -4.51. The van der Waals surface area contributed by atoms with Gasteiger partial charge >= 0.3 is 10.1 Å². The highest BCUT2D eigenvalue weighted by Crippen LogP contribution is 2.75. The van der Waals surface area contributed by atoms with Crippen LogP contribution in [0.5, 0.6) is 23.0 Å². The Morgan fingerprint density at radius 3 is 1.52 bits per heavy atom. The normalized spacial score (nSPS) is 12.8. The third-order valence-corrected chi connectivity index (χ3v) is 11.6. The van der Waals surface area contributed by atoms with Gasteiger partial charge in [-0.3, -0.25) is 0 Å². The maximum Gasteiger partial charge on any atom is 0.307 e. The molecule has 0 aliphatic heterocycles. The van der Waals surface area contributed by atoms with Crippen molar-refractivity contribution in [3.05, 3.63) is 96.6 Å². The lowest BCUT2D eigenvalue weighted by Gasteiger charge is -2.42. The predicted octanol–water partition coefficient (Wildman–Crippen LogP) is 8.97. The lowest BCUT2D eigenvalue weighted by Crippen LogP contribution is -2.25. The van der Waals surface area contributed by atoms with Gasteiger partial charge in [-0.25, -0.2) is 3.63 Å². The van der Waals surface area contributed by atoms with E-state index in [0.29, 0.717) is 37.7 Å². The Morgan fingerprint density at radius 1 is 0.568 bits per heavy atom. The molecule has 4 aromatic carbocycles. The van der Waals surface area contributed by atoms with E-state index in [9.17, 15) is 8.42 Å². The van der Waals surface area contributed by atoms with E-state index in [-0.39, 0.29) is 4.90 Å². The number of hydrogen-bond donors (Lipinski definition) is 0. The monoisotopic (exact) mass is 638 g/mol. The highest BCUT2D eigenvalue weighted by Gasteiger charge is 2.44. The summed E-state index contributed by atoms with van der Waals surface area (Å²) in [6.07, 6.45) is 0. The molecule has 0 fully saturated rings. The van der Waals surface area contributed by atoms with Crippen LogP contribution in [0.4, 0.5) is 0 Å². The first-order valence-corrected chi connectivity index (χ1v) is 17.2. The van der Waals surface area contributed by atoms with E-state index in [4.69, 9.17) is 22.6 Å². The van der Waals surface area contributed by atoms with Crippen molar-refractivity contribution in [1.29, 1.82) is 0 Å². The molecule has 0 saturated heterocycles. The predicted molar refractivity (Wildman–Crippen MR) is 175 cm³/mol. The molecule has 0 aliphatic rings. The Labute approximate surface area is 263 Å². The van der Waals surface area contributed by atoms with E-state index in [0.717, 1.165) is 5.56 Å². The topological polar surface area (TPSA) is 80.3 Å². The number of methoxy groups -OCH3 is 2. The quantitative estimate of drug-likeness (QED) is 0.172. The second-order valence-corrected chi connectivity index (χ2v) is 16.6. The van der Waals surface area contributed by atoms with Crippen LogP contribution in [0.25, 0.3) is 0 Å². The molecule has 0 radical (unpaired) electrons. The van der Waals surface area contributed by atoms with Gasteiger partial charge in [0.25, 0.3) is 0 Å². The average Bonchev–Trinajstić information content (AvgIpc) is 2.95. The van der Waals surface area contributed by atoms with Gasteiger partial charge < -0.3 is 18.9 Å². The largest absolute Gasteiger partial charge is 0.496 e. The second-order valence-electron chi connectivity index (χ2n) is 12.2. The van der Waals surface area contributed by atoms with Crippen LogP contribution >= 0.6 is 10.3 Å². The summed E-state index contributed by atoms with van der Waals surface area (Å²) in [6, 6.07) is 26.5. The zero-order valence-electron chi connectivity index (χ0n) is 26.8. The molecular weight excluding hydrogens is 597 g/mol. The Kier molecular flexibility index (Phi) is 9.63. The zero-order valence-corrected chi connectivity index (χ0v) is 28.5. The van der Waals surface area contributed by atoms with Crippen LogP contribution in [0.3, 0.4) is 0 Å². The molecule has 4 rings (SSSR count). The molecule has 9 heteroatoms. The van der Waals surface area contributed by atoms with Crippen LogP contribution < -0.4 is 18.9 Å². The molecule has 0 unspecified atom stereocenters. The van der Waals surface area contributed by atoms with Gasteiger partial charge in [-0.1, -0.05) is 42.0 Å². The molecule has 44 heavy (non-hydrogen) atoms. The van der Waals surface area contributed by atoms with Gasteiger partial charge in [0.1, 0.15) is 34.2 Å². The van der Waals surface area contributed by atoms with Crippen LogP contribution in [-0.4, -0.2) is 33.8 Å². The Balaban J connectivity index is 2.20. The summed E-state index contributed by atoms with van der Waals surface area (Å²) in [6.45, 7) is 13.6. The molecule has 0 spiro atoms. The second kappa shape index (κ2) is 12.8. The van der Waals surface area contributed by atoms with E-state index in [1.54, 1.807) is 56.7 Å². The van der Waals surface area contributed by atoms with Crippen LogP contribution in [0.2, 0.25) is 0 Å². The number of para-hydroxylation sites is 2. The van der Waals surface area contributed by atoms with Gasteiger partial charge in [0.15, 0.2) is 0 Å². The lowest BCUT2D eigenvalue weighted by molar-refractivity contribution is 0.118. The summed E-state index contributed by atoms with van der Waals surface area (Å²) in [4.78, 5) is 1.56. The minimum Gasteiger partial charge on any atom is -0.496 e. The fourth-order valence-corrected chi connectivity index (χ4v) is 10.1. The van der Waals surface area contributed by atoms with Crippen molar-refractivity contribution in [3.8, 4) is 23.0 Å². The highest BCUT2D eigenvalue weighted by atomic mass is 32.3. The summed E-state index contributed by atoms with van der Waals surface area (Å²) in [5, 5.41) is 0. The maximum atomic E-state index is 14.4. The van der Waals surface area contributed by atoms with E-state index in [2.05, 4.69) is 0 Å². The molecule has 0 amide bonds. The van der Waals surface area contributed by atoms with E-state index < -0.39 is 31.6 Å². The third-order valence-electron chi connectivity index (χ3n) is 6.32. The van der Waals surface area contributed by atoms with E-state index >= 15 is 0 Å². The maximum absolute atomic E-state index is 14.4. The van der Waals surface area contributed by atoms with Gasteiger partial charge in [0.2, 0.25) is 0 Å². The van der Waals surface area contributed by atoms with Crippen LogP contribution in [-0.2, 0) is 13.7 Å². The molecule has 0 N–H and O–H groups in total. The third kappa shape index (κ3) is 7.34. The lowest BCUT2D eigenvalue weighted by atomic mass is 10.2. The first-order valence-electron chi connectivity index (χ1n) is 14.2. The Hall–Kier alpha value is -3.66. The molecule has 0 heterocycles. The fraction of sp³-hybridized carbons (Fsp3) is 0.314. The highest BCUT2D eigenvalue weighted by molar-refractivity contribution is 8.33. The summed E-state index contributed by atoms with van der Waals surface area (Å²) in [5.41, 5.74) is -0.217. The van der Waals surface area contributed by atoms with Crippen molar-refractivity contribution < 1.29 is 31.0 Å². The number of ether oxygens (including phenoxy) is 4. The molecule has 4 aromatic rings. The van der Waals surface area contributed by atoms with Crippen LogP contribution in [0.1, 0.15) is 47.1 Å².